The van der Waals surface area contributed by atoms with Gasteiger partial charge in [-0.15, -0.1) is 0 Å². The Bertz CT molecular complexity index is 396. The summed E-state index contributed by atoms with van der Waals surface area (Å²) in [4.78, 5) is 11.8. The summed E-state index contributed by atoms with van der Waals surface area (Å²) in [5.41, 5.74) is 4.25. The van der Waals surface area contributed by atoms with E-state index >= 15 is 0 Å². The van der Waals surface area contributed by atoms with E-state index in [1.54, 1.807) is 6.07 Å². The van der Waals surface area contributed by atoms with E-state index in [0.717, 1.165) is 22.1 Å². The molecular weight excluding hydrogens is 315 g/mol. The second kappa shape index (κ2) is 6.62. The number of carbonyl (C=O) groups excluding carboxylic acids is 1. The van der Waals surface area contributed by atoms with Crippen LogP contribution in [0.5, 0.6) is 0 Å². The van der Waals surface area contributed by atoms with Crippen LogP contribution in [0.15, 0.2) is 29.4 Å². The molecule has 0 radical (unpaired) electrons. The molecular formula is C12H15IN2O. The van der Waals surface area contributed by atoms with Crippen LogP contribution in [0.3, 0.4) is 0 Å². The smallest absolute Gasteiger partial charge is 0.267 e. The van der Waals surface area contributed by atoms with Crippen molar-refractivity contribution >= 4 is 34.2 Å². The standard InChI is InChI=1S/C12H15IN2O/c1-3-9(4-2)14-15-12(16)10-7-5-6-8-11(10)13/h5-8H,3-4H2,1-2H3,(H,15,16). The largest absolute Gasteiger partial charge is 0.272 e. The van der Waals surface area contributed by atoms with Crippen molar-refractivity contribution in [2.45, 2.75) is 26.7 Å². The fourth-order valence-electron chi connectivity index (χ4n) is 1.24. The Hall–Kier alpha value is -0.910. The fourth-order valence-corrected chi connectivity index (χ4v) is 1.88. The molecule has 0 aliphatic carbocycles. The van der Waals surface area contributed by atoms with Gasteiger partial charge in [0.1, 0.15) is 0 Å². The summed E-state index contributed by atoms with van der Waals surface area (Å²) in [7, 11) is 0. The van der Waals surface area contributed by atoms with Crippen molar-refractivity contribution in [2.75, 3.05) is 0 Å². The summed E-state index contributed by atoms with van der Waals surface area (Å²) in [5, 5.41) is 4.09. The van der Waals surface area contributed by atoms with Crippen LogP contribution in [0.1, 0.15) is 37.0 Å². The highest BCUT2D eigenvalue weighted by Crippen LogP contribution is 2.10. The summed E-state index contributed by atoms with van der Waals surface area (Å²) in [6, 6.07) is 7.45. The average molecular weight is 330 g/mol. The van der Waals surface area contributed by atoms with Crippen LogP contribution in [0.2, 0.25) is 0 Å². The van der Waals surface area contributed by atoms with Gasteiger partial charge in [-0.3, -0.25) is 4.79 Å². The molecule has 0 fully saturated rings. The fraction of sp³-hybridized carbons (Fsp3) is 0.333. The normalized spacial score (nSPS) is 9.69. The van der Waals surface area contributed by atoms with E-state index in [0.29, 0.717) is 5.56 Å². The number of nitrogens with one attached hydrogen (secondary N) is 1. The molecule has 0 unspecified atom stereocenters. The van der Waals surface area contributed by atoms with E-state index in [2.05, 4.69) is 33.1 Å². The zero-order chi connectivity index (χ0) is 12.0. The molecule has 0 bridgehead atoms. The first kappa shape index (κ1) is 13.2. The van der Waals surface area contributed by atoms with Gasteiger partial charge in [0.15, 0.2) is 0 Å². The lowest BCUT2D eigenvalue weighted by Gasteiger charge is -2.04. The zero-order valence-electron chi connectivity index (χ0n) is 9.46. The molecule has 0 saturated carbocycles. The molecule has 0 aliphatic heterocycles. The summed E-state index contributed by atoms with van der Waals surface area (Å²) >= 11 is 2.14. The van der Waals surface area contributed by atoms with E-state index in [-0.39, 0.29) is 5.91 Å². The van der Waals surface area contributed by atoms with Crippen LogP contribution in [0.25, 0.3) is 0 Å². The van der Waals surface area contributed by atoms with E-state index in [9.17, 15) is 4.79 Å². The molecule has 0 aliphatic rings. The van der Waals surface area contributed by atoms with Crippen molar-refractivity contribution in [3.63, 3.8) is 0 Å². The quantitative estimate of drug-likeness (QED) is 0.514. The Morgan fingerprint density at radius 3 is 2.50 bits per heavy atom. The number of halogens is 1. The van der Waals surface area contributed by atoms with Gasteiger partial charge in [0.2, 0.25) is 0 Å². The molecule has 3 nitrogen and oxygen atoms in total. The van der Waals surface area contributed by atoms with Crippen LogP contribution in [-0.4, -0.2) is 11.6 Å². The SMILES string of the molecule is CCC(CC)=NNC(=O)c1ccccc1I. The summed E-state index contributed by atoms with van der Waals surface area (Å²) < 4.78 is 0.933. The Labute approximate surface area is 109 Å². The van der Waals surface area contributed by atoms with Crippen LogP contribution in [-0.2, 0) is 0 Å². The van der Waals surface area contributed by atoms with Gasteiger partial charge in [0, 0.05) is 9.28 Å². The van der Waals surface area contributed by atoms with Gasteiger partial charge in [0.25, 0.3) is 5.91 Å². The van der Waals surface area contributed by atoms with Gasteiger partial charge in [-0.05, 0) is 47.6 Å². The third kappa shape index (κ3) is 3.59. The molecule has 0 atom stereocenters. The minimum Gasteiger partial charge on any atom is -0.267 e. The molecule has 0 saturated heterocycles. The van der Waals surface area contributed by atoms with E-state index in [1.165, 1.54) is 0 Å². The molecule has 4 heteroatoms. The first-order valence-electron chi connectivity index (χ1n) is 5.29. The highest BCUT2D eigenvalue weighted by Gasteiger charge is 2.07. The number of amides is 1. The molecule has 0 aromatic heterocycles. The van der Waals surface area contributed by atoms with Gasteiger partial charge in [0.05, 0.1) is 5.56 Å². The summed E-state index contributed by atoms with van der Waals surface area (Å²) in [6.45, 7) is 4.06. The Morgan fingerprint density at radius 2 is 1.94 bits per heavy atom. The number of hydrazone groups is 1. The van der Waals surface area contributed by atoms with Gasteiger partial charge in [-0.2, -0.15) is 5.10 Å². The van der Waals surface area contributed by atoms with Crippen LogP contribution in [0, 0.1) is 3.57 Å². The lowest BCUT2D eigenvalue weighted by atomic mass is 10.2. The molecule has 16 heavy (non-hydrogen) atoms. The zero-order valence-corrected chi connectivity index (χ0v) is 11.6. The number of hydrogen-bond acceptors (Lipinski definition) is 2. The maximum atomic E-state index is 11.8. The molecule has 1 rings (SSSR count). The minimum absolute atomic E-state index is 0.149. The van der Waals surface area contributed by atoms with Gasteiger partial charge in [-0.1, -0.05) is 26.0 Å². The third-order valence-electron chi connectivity index (χ3n) is 2.25. The predicted octanol–water partition coefficient (Wildman–Crippen LogP) is 3.20. The lowest BCUT2D eigenvalue weighted by Crippen LogP contribution is -2.20. The van der Waals surface area contributed by atoms with Crippen molar-refractivity contribution in [3.8, 4) is 0 Å². The van der Waals surface area contributed by atoms with E-state index in [1.807, 2.05) is 32.0 Å². The summed E-state index contributed by atoms with van der Waals surface area (Å²) in [5.74, 6) is -0.149. The highest BCUT2D eigenvalue weighted by atomic mass is 127. The number of rotatable bonds is 4. The molecule has 0 spiro atoms. The van der Waals surface area contributed by atoms with E-state index in [4.69, 9.17) is 0 Å². The molecule has 86 valence electrons. The number of benzene rings is 1. The van der Waals surface area contributed by atoms with Crippen molar-refractivity contribution in [1.82, 2.24) is 5.43 Å². The second-order valence-electron chi connectivity index (χ2n) is 3.31. The number of carbonyl (C=O) groups is 1. The van der Waals surface area contributed by atoms with Crippen LogP contribution >= 0.6 is 22.6 Å². The molecule has 1 aromatic rings. The van der Waals surface area contributed by atoms with Crippen molar-refractivity contribution in [1.29, 1.82) is 0 Å². The molecule has 1 amide bonds. The topological polar surface area (TPSA) is 41.5 Å². The van der Waals surface area contributed by atoms with Crippen LogP contribution < -0.4 is 5.43 Å². The average Bonchev–Trinajstić information content (AvgIpc) is 2.30. The highest BCUT2D eigenvalue weighted by molar-refractivity contribution is 14.1. The van der Waals surface area contributed by atoms with Gasteiger partial charge < -0.3 is 0 Å². The van der Waals surface area contributed by atoms with Gasteiger partial charge >= 0.3 is 0 Å². The van der Waals surface area contributed by atoms with Crippen molar-refractivity contribution in [2.24, 2.45) is 5.10 Å². The predicted molar refractivity (Wildman–Crippen MR) is 74.6 cm³/mol. The monoisotopic (exact) mass is 330 g/mol. The summed E-state index contributed by atoms with van der Waals surface area (Å²) in [6.07, 6.45) is 1.73. The Balaban J connectivity index is 2.74. The lowest BCUT2D eigenvalue weighted by molar-refractivity contribution is 0.0954. The molecule has 1 aromatic carbocycles. The van der Waals surface area contributed by atoms with Crippen molar-refractivity contribution in [3.05, 3.63) is 33.4 Å². The minimum atomic E-state index is -0.149. The maximum Gasteiger partial charge on any atom is 0.272 e. The molecule has 0 heterocycles. The second-order valence-corrected chi connectivity index (χ2v) is 4.47. The van der Waals surface area contributed by atoms with Gasteiger partial charge in [-0.25, -0.2) is 5.43 Å². The Kier molecular flexibility index (Phi) is 5.45. The van der Waals surface area contributed by atoms with E-state index < -0.39 is 0 Å². The first-order chi connectivity index (χ1) is 7.69. The first-order valence-corrected chi connectivity index (χ1v) is 6.37. The number of hydrogen-bond donors (Lipinski definition) is 1. The molecule has 1 N–H and O–H groups in total. The Morgan fingerprint density at radius 1 is 1.31 bits per heavy atom. The van der Waals surface area contributed by atoms with Crippen LogP contribution in [0.4, 0.5) is 0 Å². The van der Waals surface area contributed by atoms with Crippen molar-refractivity contribution < 1.29 is 4.79 Å². The third-order valence-corrected chi connectivity index (χ3v) is 3.19. The maximum absolute atomic E-state index is 11.8. The number of nitrogens with zero attached hydrogens (tertiary/aromatic N) is 1.